The van der Waals surface area contributed by atoms with E-state index in [-0.39, 0.29) is 11.8 Å². The van der Waals surface area contributed by atoms with E-state index in [0.717, 1.165) is 16.8 Å². The van der Waals surface area contributed by atoms with Gasteiger partial charge in [0, 0.05) is 29.2 Å². The zero-order valence-electron chi connectivity index (χ0n) is 13.7. The highest BCUT2D eigenvalue weighted by molar-refractivity contribution is 6.31. The summed E-state index contributed by atoms with van der Waals surface area (Å²) in [6.07, 6.45) is 1.56. The summed E-state index contributed by atoms with van der Waals surface area (Å²) >= 11 is 6.03. The average molecular weight is 341 g/mol. The number of hydrogen-bond donors (Lipinski definition) is 1. The highest BCUT2D eigenvalue weighted by Crippen LogP contribution is 2.26. The second kappa shape index (κ2) is 6.13. The molecule has 0 radical (unpaired) electrons. The summed E-state index contributed by atoms with van der Waals surface area (Å²) in [5.41, 5.74) is 3.87. The van der Waals surface area contributed by atoms with Crippen molar-refractivity contribution < 1.29 is 9.59 Å². The summed E-state index contributed by atoms with van der Waals surface area (Å²) in [6.45, 7) is 5.36. The molecule has 0 atom stereocenters. The van der Waals surface area contributed by atoms with Gasteiger partial charge >= 0.3 is 0 Å². The molecule has 2 aromatic carbocycles. The Morgan fingerprint density at radius 2 is 1.83 bits per heavy atom. The first kappa shape index (κ1) is 16.3. The van der Waals surface area contributed by atoms with Gasteiger partial charge in [-0.25, -0.2) is 0 Å². The lowest BCUT2D eigenvalue weighted by atomic mass is 10.1. The van der Waals surface area contributed by atoms with E-state index in [4.69, 9.17) is 11.6 Å². The Hall–Kier alpha value is -2.59. The molecule has 0 unspecified atom stereocenters. The summed E-state index contributed by atoms with van der Waals surface area (Å²) in [7, 11) is 0. The van der Waals surface area contributed by atoms with E-state index in [2.05, 4.69) is 5.32 Å². The van der Waals surface area contributed by atoms with Crippen LogP contribution in [0, 0.1) is 13.8 Å². The monoisotopic (exact) mass is 340 g/mol. The Kier molecular flexibility index (Phi) is 4.16. The van der Waals surface area contributed by atoms with Gasteiger partial charge in [-0.05, 0) is 43.2 Å². The van der Waals surface area contributed by atoms with Crippen LogP contribution in [0.1, 0.15) is 33.2 Å². The van der Waals surface area contributed by atoms with Gasteiger partial charge < -0.3 is 5.32 Å². The molecule has 1 N–H and O–H groups in total. The van der Waals surface area contributed by atoms with Crippen LogP contribution in [0.4, 0.5) is 5.69 Å². The van der Waals surface area contributed by atoms with Gasteiger partial charge in [-0.2, -0.15) is 0 Å². The normalized spacial score (nSPS) is 10.8. The summed E-state index contributed by atoms with van der Waals surface area (Å²) < 4.78 is 1.44. The maximum absolute atomic E-state index is 12.7. The first-order chi connectivity index (χ1) is 11.4. The van der Waals surface area contributed by atoms with Crippen molar-refractivity contribution in [1.29, 1.82) is 0 Å². The van der Waals surface area contributed by atoms with Gasteiger partial charge in [0.1, 0.15) is 0 Å². The number of aromatic nitrogens is 1. The number of amides is 1. The number of fused-ring (bicyclic) bond motifs is 1. The third-order valence-electron chi connectivity index (χ3n) is 3.99. The molecule has 3 rings (SSSR count). The van der Waals surface area contributed by atoms with Gasteiger partial charge in [0.2, 0.25) is 5.91 Å². The molecule has 3 aromatic rings. The van der Waals surface area contributed by atoms with Crippen molar-refractivity contribution in [2.24, 2.45) is 0 Å². The molecule has 122 valence electrons. The molecule has 0 aliphatic heterocycles. The number of nitrogens with one attached hydrogen (secondary N) is 1. The fraction of sp³-hybridized carbons (Fsp3) is 0.158. The third kappa shape index (κ3) is 2.93. The topological polar surface area (TPSA) is 51.1 Å². The number of nitrogens with zero attached hydrogens (tertiary/aromatic N) is 1. The number of carbonyl (C=O) groups is 2. The van der Waals surface area contributed by atoms with Gasteiger partial charge in [-0.1, -0.05) is 29.8 Å². The minimum Gasteiger partial charge on any atom is -0.322 e. The average Bonchev–Trinajstić information content (AvgIpc) is 2.89. The molecular formula is C19H17ClN2O2. The SMILES string of the molecule is CC(=O)n1cc(C(=O)Nc2cc(C)ccc2C)c2ccc(Cl)cc21. The predicted octanol–water partition coefficient (Wildman–Crippen LogP) is 4.82. The van der Waals surface area contributed by atoms with Gasteiger partial charge in [-0.3, -0.25) is 14.2 Å². The van der Waals surface area contributed by atoms with Gasteiger partial charge in [0.05, 0.1) is 11.1 Å². The fourth-order valence-electron chi connectivity index (χ4n) is 2.70. The first-order valence-corrected chi connectivity index (χ1v) is 7.95. The molecular weight excluding hydrogens is 324 g/mol. The van der Waals surface area contributed by atoms with E-state index in [9.17, 15) is 9.59 Å². The third-order valence-corrected chi connectivity index (χ3v) is 4.23. The molecule has 0 saturated carbocycles. The largest absolute Gasteiger partial charge is 0.322 e. The summed E-state index contributed by atoms with van der Waals surface area (Å²) in [4.78, 5) is 24.6. The number of anilines is 1. The van der Waals surface area contributed by atoms with Crippen LogP contribution in [-0.2, 0) is 0 Å². The molecule has 0 fully saturated rings. The molecule has 0 aliphatic carbocycles. The number of hydrogen-bond acceptors (Lipinski definition) is 2. The molecule has 0 bridgehead atoms. The number of rotatable bonds is 2. The van der Waals surface area contributed by atoms with Crippen LogP contribution in [0.3, 0.4) is 0 Å². The molecule has 5 heteroatoms. The molecule has 24 heavy (non-hydrogen) atoms. The second-order valence-electron chi connectivity index (χ2n) is 5.87. The van der Waals surface area contributed by atoms with Crippen LogP contribution < -0.4 is 5.32 Å². The Morgan fingerprint density at radius 1 is 1.08 bits per heavy atom. The standard InChI is InChI=1S/C19H17ClN2O2/c1-11-4-5-12(2)17(8-11)21-19(24)16-10-22(13(3)23)18-9-14(20)6-7-15(16)18/h4-10H,1-3H3,(H,21,24). The quantitative estimate of drug-likeness (QED) is 0.726. The van der Waals surface area contributed by atoms with Gasteiger partial charge in [-0.15, -0.1) is 0 Å². The minimum atomic E-state index is -0.254. The van der Waals surface area contributed by atoms with E-state index in [1.165, 1.54) is 11.5 Å². The van der Waals surface area contributed by atoms with Crippen molar-refractivity contribution in [3.63, 3.8) is 0 Å². The lowest BCUT2D eigenvalue weighted by molar-refractivity contribution is 0.0941. The van der Waals surface area contributed by atoms with Crippen molar-refractivity contribution in [1.82, 2.24) is 4.57 Å². The minimum absolute atomic E-state index is 0.173. The lowest BCUT2D eigenvalue weighted by Gasteiger charge is -2.09. The molecule has 0 saturated heterocycles. The van der Waals surface area contributed by atoms with Crippen molar-refractivity contribution in [3.05, 3.63) is 64.3 Å². The van der Waals surface area contributed by atoms with Crippen molar-refractivity contribution in [2.75, 3.05) is 5.32 Å². The molecule has 0 spiro atoms. The Balaban J connectivity index is 2.07. The first-order valence-electron chi connectivity index (χ1n) is 7.57. The summed E-state index contributed by atoms with van der Waals surface area (Å²) in [5.74, 6) is -0.427. The van der Waals surface area contributed by atoms with Crippen LogP contribution in [0.15, 0.2) is 42.6 Å². The summed E-state index contributed by atoms with van der Waals surface area (Å²) in [6, 6.07) is 11.0. The van der Waals surface area contributed by atoms with Crippen LogP contribution in [0.2, 0.25) is 5.02 Å². The highest BCUT2D eigenvalue weighted by atomic mass is 35.5. The molecule has 1 aromatic heterocycles. The summed E-state index contributed by atoms with van der Waals surface area (Å²) in [5, 5.41) is 4.14. The van der Waals surface area contributed by atoms with Crippen LogP contribution in [-0.4, -0.2) is 16.4 Å². The lowest BCUT2D eigenvalue weighted by Crippen LogP contribution is -2.13. The van der Waals surface area contributed by atoms with Gasteiger partial charge in [0.25, 0.3) is 5.91 Å². The zero-order valence-corrected chi connectivity index (χ0v) is 14.4. The number of benzene rings is 2. The maximum Gasteiger partial charge on any atom is 0.257 e. The Bertz CT molecular complexity index is 973. The van der Waals surface area contributed by atoms with Crippen LogP contribution >= 0.6 is 11.6 Å². The van der Waals surface area contributed by atoms with Crippen LogP contribution in [0.5, 0.6) is 0 Å². The van der Waals surface area contributed by atoms with Crippen molar-refractivity contribution in [3.8, 4) is 0 Å². The van der Waals surface area contributed by atoms with E-state index >= 15 is 0 Å². The number of aryl methyl sites for hydroxylation is 2. The highest BCUT2D eigenvalue weighted by Gasteiger charge is 2.18. The molecule has 4 nitrogen and oxygen atoms in total. The zero-order chi connectivity index (χ0) is 17.4. The molecule has 1 heterocycles. The molecule has 1 amide bonds. The van der Waals surface area contributed by atoms with E-state index in [1.54, 1.807) is 24.4 Å². The van der Waals surface area contributed by atoms with Crippen molar-refractivity contribution >= 4 is 40.0 Å². The number of halogens is 1. The van der Waals surface area contributed by atoms with E-state index < -0.39 is 0 Å². The number of carbonyl (C=O) groups excluding carboxylic acids is 2. The van der Waals surface area contributed by atoms with Crippen molar-refractivity contribution in [2.45, 2.75) is 20.8 Å². The molecule has 0 aliphatic rings. The maximum atomic E-state index is 12.7. The van der Waals surface area contributed by atoms with E-state index in [1.807, 2.05) is 32.0 Å². The Labute approximate surface area is 145 Å². The predicted molar refractivity (Wildman–Crippen MR) is 97.1 cm³/mol. The Morgan fingerprint density at radius 3 is 2.54 bits per heavy atom. The second-order valence-corrected chi connectivity index (χ2v) is 6.30. The van der Waals surface area contributed by atoms with Gasteiger partial charge in [0.15, 0.2) is 0 Å². The van der Waals surface area contributed by atoms with Crippen LogP contribution in [0.25, 0.3) is 10.9 Å². The fourth-order valence-corrected chi connectivity index (χ4v) is 2.87. The van der Waals surface area contributed by atoms with E-state index in [0.29, 0.717) is 21.5 Å². The smallest absolute Gasteiger partial charge is 0.257 e.